The minimum atomic E-state index is -5.70. The molecule has 0 heterocycles. The van der Waals surface area contributed by atoms with Crippen LogP contribution in [0, 0.1) is 0 Å². The molecule has 1 unspecified atom stereocenters. The molecule has 80 valence electrons. The minimum Gasteiger partial charge on any atom is -0.385 e. The molecule has 0 radical (unpaired) electrons. The second-order valence-electron chi connectivity index (χ2n) is 2.29. The molecule has 0 amide bonds. The lowest BCUT2D eigenvalue weighted by Crippen LogP contribution is -2.39. The van der Waals surface area contributed by atoms with E-state index in [-0.39, 0.29) is 6.61 Å². The number of halogens is 3. The molecule has 0 aliphatic rings. The van der Waals surface area contributed by atoms with E-state index in [1.54, 1.807) is 0 Å². The fourth-order valence-corrected chi connectivity index (χ4v) is 0.992. The summed E-state index contributed by atoms with van der Waals surface area (Å²) in [5.74, 6) is 0. The van der Waals surface area contributed by atoms with Gasteiger partial charge in [0.1, 0.15) is 0 Å². The van der Waals surface area contributed by atoms with Gasteiger partial charge in [0.15, 0.2) is 6.17 Å². The van der Waals surface area contributed by atoms with Crippen molar-refractivity contribution in [1.29, 1.82) is 0 Å². The molecule has 8 heteroatoms. The summed E-state index contributed by atoms with van der Waals surface area (Å²) in [5.41, 5.74) is 0. The summed E-state index contributed by atoms with van der Waals surface area (Å²) in [7, 11) is -4.54. The largest absolute Gasteiger partial charge is 0.400 e. The van der Waals surface area contributed by atoms with Crippen LogP contribution in [0.3, 0.4) is 0 Å². The Morgan fingerprint density at radius 2 is 2.00 bits per heavy atom. The lowest BCUT2D eigenvalue weighted by atomic mass is 10.3. The molecule has 0 rings (SSSR count). The van der Waals surface area contributed by atoms with Crippen molar-refractivity contribution in [3.8, 4) is 0 Å². The van der Waals surface area contributed by atoms with Crippen LogP contribution in [0.25, 0.3) is 0 Å². The van der Waals surface area contributed by atoms with E-state index in [1.807, 2.05) is 0 Å². The van der Waals surface area contributed by atoms with Gasteiger partial charge in [0, 0.05) is 20.1 Å². The van der Waals surface area contributed by atoms with Gasteiger partial charge in [-0.2, -0.15) is 17.2 Å². The number of methoxy groups -OCH3 is 1. The van der Waals surface area contributed by atoms with Crippen LogP contribution >= 0.6 is 0 Å². The molecule has 0 fully saturated rings. The van der Waals surface area contributed by atoms with Gasteiger partial charge in [0.2, 0.25) is 0 Å². The third kappa shape index (κ3) is 3.12. The van der Waals surface area contributed by atoms with E-state index in [4.69, 9.17) is 4.55 Å². The number of hydrogen-bond donors (Lipinski definition) is 1. The first-order valence-electron chi connectivity index (χ1n) is 3.21. The summed E-state index contributed by atoms with van der Waals surface area (Å²) in [4.78, 5) is 0. The SMILES string of the molecule is COCCC(F)C(F)(F)S(=O)(=O)O. The van der Waals surface area contributed by atoms with Crippen molar-refractivity contribution in [3.05, 3.63) is 0 Å². The summed E-state index contributed by atoms with van der Waals surface area (Å²) in [6.07, 6.45) is -3.77. The fourth-order valence-electron chi connectivity index (χ4n) is 0.551. The topological polar surface area (TPSA) is 63.6 Å². The Hall–Kier alpha value is -0.340. The van der Waals surface area contributed by atoms with E-state index in [2.05, 4.69) is 4.74 Å². The predicted molar refractivity (Wildman–Crippen MR) is 37.9 cm³/mol. The van der Waals surface area contributed by atoms with Crippen LogP contribution in [0.2, 0.25) is 0 Å². The molecule has 0 aromatic carbocycles. The molecule has 1 atom stereocenters. The van der Waals surface area contributed by atoms with Crippen LogP contribution in [0.15, 0.2) is 0 Å². The molecule has 0 aliphatic heterocycles. The quantitative estimate of drug-likeness (QED) is 0.700. The molecule has 0 spiro atoms. The predicted octanol–water partition coefficient (Wildman–Crippen LogP) is 0.842. The Bertz CT molecular complexity index is 251. The lowest BCUT2D eigenvalue weighted by molar-refractivity contribution is -0.0153. The van der Waals surface area contributed by atoms with Gasteiger partial charge in [-0.15, -0.1) is 0 Å². The normalized spacial score (nSPS) is 15.8. The van der Waals surface area contributed by atoms with Gasteiger partial charge < -0.3 is 4.74 Å². The summed E-state index contributed by atoms with van der Waals surface area (Å²) >= 11 is 0. The molecule has 0 saturated heterocycles. The van der Waals surface area contributed by atoms with Gasteiger partial charge >= 0.3 is 15.4 Å². The van der Waals surface area contributed by atoms with E-state index < -0.39 is 28.0 Å². The highest BCUT2D eigenvalue weighted by Crippen LogP contribution is 2.29. The van der Waals surface area contributed by atoms with E-state index in [1.165, 1.54) is 0 Å². The molecule has 0 bridgehead atoms. The summed E-state index contributed by atoms with van der Waals surface area (Å²) in [6.45, 7) is -0.355. The number of rotatable bonds is 5. The zero-order chi connectivity index (χ0) is 10.7. The molecular formula is C5H9F3O4S. The van der Waals surface area contributed by atoms with Crippen molar-refractivity contribution in [1.82, 2.24) is 0 Å². The average molecular weight is 222 g/mol. The van der Waals surface area contributed by atoms with Crippen LogP contribution in [0.4, 0.5) is 13.2 Å². The summed E-state index contributed by atoms with van der Waals surface area (Å²) in [6, 6.07) is 0. The van der Waals surface area contributed by atoms with E-state index in [0.29, 0.717) is 0 Å². The van der Waals surface area contributed by atoms with Crippen LogP contribution in [0.1, 0.15) is 6.42 Å². The number of ether oxygens (including phenoxy) is 1. The van der Waals surface area contributed by atoms with Crippen LogP contribution in [0.5, 0.6) is 0 Å². The Morgan fingerprint density at radius 1 is 1.54 bits per heavy atom. The molecule has 0 saturated carbocycles. The smallest absolute Gasteiger partial charge is 0.385 e. The highest BCUT2D eigenvalue weighted by molar-refractivity contribution is 7.86. The van der Waals surface area contributed by atoms with Crippen molar-refractivity contribution < 1.29 is 30.9 Å². The highest BCUT2D eigenvalue weighted by Gasteiger charge is 2.52. The monoisotopic (exact) mass is 222 g/mol. The molecule has 13 heavy (non-hydrogen) atoms. The van der Waals surface area contributed by atoms with E-state index in [9.17, 15) is 21.6 Å². The average Bonchev–Trinajstić information content (AvgIpc) is 1.97. The first-order valence-corrected chi connectivity index (χ1v) is 4.65. The maximum absolute atomic E-state index is 12.5. The van der Waals surface area contributed by atoms with Crippen LogP contribution in [-0.4, -0.2) is 38.1 Å². The maximum Gasteiger partial charge on any atom is 0.400 e. The Balaban J connectivity index is 4.46. The molecule has 0 aliphatic carbocycles. The summed E-state index contributed by atoms with van der Waals surface area (Å²) < 4.78 is 69.4. The molecule has 1 N–H and O–H groups in total. The third-order valence-electron chi connectivity index (χ3n) is 1.28. The molecule has 0 aromatic heterocycles. The van der Waals surface area contributed by atoms with E-state index >= 15 is 0 Å². The Morgan fingerprint density at radius 3 is 2.31 bits per heavy atom. The van der Waals surface area contributed by atoms with Crippen molar-refractivity contribution in [2.75, 3.05) is 13.7 Å². The van der Waals surface area contributed by atoms with Gasteiger partial charge in [-0.05, 0) is 0 Å². The fraction of sp³-hybridized carbons (Fsp3) is 1.00. The molecule has 0 aromatic rings. The van der Waals surface area contributed by atoms with Gasteiger partial charge in [0.05, 0.1) is 0 Å². The Labute approximate surface area is 73.4 Å². The zero-order valence-electron chi connectivity index (χ0n) is 6.71. The van der Waals surface area contributed by atoms with Crippen LogP contribution < -0.4 is 0 Å². The lowest BCUT2D eigenvalue weighted by Gasteiger charge is -2.16. The Kier molecular flexibility index (Phi) is 4.14. The van der Waals surface area contributed by atoms with Gasteiger partial charge in [-0.25, -0.2) is 4.39 Å². The first-order chi connectivity index (χ1) is 5.73. The van der Waals surface area contributed by atoms with Crippen molar-refractivity contribution >= 4 is 10.1 Å². The van der Waals surface area contributed by atoms with Crippen LogP contribution in [-0.2, 0) is 14.9 Å². The second-order valence-corrected chi connectivity index (χ2v) is 3.78. The van der Waals surface area contributed by atoms with Crippen molar-refractivity contribution in [2.24, 2.45) is 0 Å². The van der Waals surface area contributed by atoms with E-state index in [0.717, 1.165) is 7.11 Å². The summed E-state index contributed by atoms with van der Waals surface area (Å²) in [5, 5.41) is -4.77. The zero-order valence-corrected chi connectivity index (χ0v) is 7.52. The first kappa shape index (κ1) is 12.7. The molecule has 4 nitrogen and oxygen atoms in total. The molecular weight excluding hydrogens is 213 g/mol. The maximum atomic E-state index is 12.5. The highest BCUT2D eigenvalue weighted by atomic mass is 32.2. The van der Waals surface area contributed by atoms with Gasteiger partial charge in [-0.1, -0.05) is 0 Å². The second kappa shape index (κ2) is 4.25. The number of alkyl halides is 3. The standard InChI is InChI=1S/C5H9F3O4S/c1-12-3-2-4(6)5(7,8)13(9,10)11/h4H,2-3H2,1H3,(H,9,10,11). The number of hydrogen-bond acceptors (Lipinski definition) is 3. The van der Waals surface area contributed by atoms with Gasteiger partial charge in [-0.3, -0.25) is 4.55 Å². The third-order valence-corrected chi connectivity index (χ3v) is 2.23. The van der Waals surface area contributed by atoms with Gasteiger partial charge in [0.25, 0.3) is 0 Å². The minimum absolute atomic E-state index is 0.355. The van der Waals surface area contributed by atoms with Crippen molar-refractivity contribution in [3.63, 3.8) is 0 Å². The van der Waals surface area contributed by atoms with Crippen molar-refractivity contribution in [2.45, 2.75) is 17.8 Å².